The van der Waals surface area contributed by atoms with E-state index in [9.17, 15) is 4.79 Å². The van der Waals surface area contributed by atoms with Gasteiger partial charge in [0.1, 0.15) is 11.4 Å². The lowest BCUT2D eigenvalue weighted by molar-refractivity contribution is 0.0576. The number of fused-ring (bicyclic) bond motifs is 1. The van der Waals surface area contributed by atoms with Gasteiger partial charge >= 0.3 is 6.09 Å². The van der Waals surface area contributed by atoms with Crippen LogP contribution in [0.3, 0.4) is 0 Å². The number of anilines is 1. The fourth-order valence-electron chi connectivity index (χ4n) is 1.94. The molecule has 0 aliphatic carbocycles. The fraction of sp³-hybridized carbons (Fsp3) is 0.538. The zero-order valence-electron chi connectivity index (χ0n) is 10.9. The van der Waals surface area contributed by atoms with Gasteiger partial charge in [-0.15, -0.1) is 0 Å². The lowest BCUT2D eigenvalue weighted by Crippen LogP contribution is -2.40. The Morgan fingerprint density at radius 2 is 2.22 bits per heavy atom. The lowest BCUT2D eigenvalue weighted by atomic mass is 10.1. The number of hydrogen-bond donors (Lipinski definition) is 0. The maximum Gasteiger partial charge on any atom is 0.416 e. The summed E-state index contributed by atoms with van der Waals surface area (Å²) >= 11 is 6.13. The van der Waals surface area contributed by atoms with Crippen molar-refractivity contribution in [1.82, 2.24) is 4.98 Å². The van der Waals surface area contributed by atoms with Gasteiger partial charge in [-0.1, -0.05) is 11.6 Å². The SMILES string of the molecule is CC(C)(C)OC(=O)N1CCCc2c(Cl)ccnc21. The maximum absolute atomic E-state index is 12.1. The van der Waals surface area contributed by atoms with Gasteiger partial charge in [0.15, 0.2) is 0 Å². The van der Waals surface area contributed by atoms with Crippen molar-refractivity contribution in [2.75, 3.05) is 11.4 Å². The summed E-state index contributed by atoms with van der Waals surface area (Å²) in [6.45, 7) is 6.17. The summed E-state index contributed by atoms with van der Waals surface area (Å²) in [6.07, 6.45) is 2.97. The first-order chi connectivity index (χ1) is 8.38. The summed E-state index contributed by atoms with van der Waals surface area (Å²) in [4.78, 5) is 17.9. The first kappa shape index (κ1) is 13.1. The molecule has 0 bridgehead atoms. The van der Waals surface area contributed by atoms with Crippen molar-refractivity contribution in [2.24, 2.45) is 0 Å². The smallest absolute Gasteiger partial charge is 0.416 e. The van der Waals surface area contributed by atoms with E-state index in [2.05, 4.69) is 4.98 Å². The molecule has 1 aliphatic rings. The Balaban J connectivity index is 2.28. The number of ether oxygens (including phenoxy) is 1. The van der Waals surface area contributed by atoms with Crippen LogP contribution in [0.5, 0.6) is 0 Å². The molecule has 18 heavy (non-hydrogen) atoms. The van der Waals surface area contributed by atoms with Crippen molar-refractivity contribution < 1.29 is 9.53 Å². The van der Waals surface area contributed by atoms with Gasteiger partial charge in [-0.3, -0.25) is 4.90 Å². The Labute approximate surface area is 112 Å². The first-order valence-electron chi connectivity index (χ1n) is 6.02. The van der Waals surface area contributed by atoms with Crippen molar-refractivity contribution in [2.45, 2.75) is 39.2 Å². The van der Waals surface area contributed by atoms with E-state index in [0.717, 1.165) is 18.4 Å². The van der Waals surface area contributed by atoms with Gasteiger partial charge in [-0.05, 0) is 39.7 Å². The number of aromatic nitrogens is 1. The summed E-state index contributed by atoms with van der Waals surface area (Å²) < 4.78 is 5.38. The molecular weight excluding hydrogens is 252 g/mol. The standard InChI is InChI=1S/C13H17ClN2O2/c1-13(2,3)18-12(17)16-8-4-5-9-10(14)6-7-15-11(9)16/h6-7H,4-5,8H2,1-3H3. The van der Waals surface area contributed by atoms with Crippen LogP contribution < -0.4 is 4.90 Å². The Morgan fingerprint density at radius 1 is 1.50 bits per heavy atom. The number of hydrogen-bond acceptors (Lipinski definition) is 3. The molecule has 98 valence electrons. The van der Waals surface area contributed by atoms with Gasteiger partial charge in [0, 0.05) is 23.3 Å². The largest absolute Gasteiger partial charge is 0.443 e. The molecule has 0 saturated heterocycles. The Morgan fingerprint density at radius 3 is 2.89 bits per heavy atom. The third kappa shape index (κ3) is 2.75. The van der Waals surface area contributed by atoms with Crippen LogP contribution in [0, 0.1) is 0 Å². The van der Waals surface area contributed by atoms with E-state index in [0.29, 0.717) is 17.4 Å². The minimum atomic E-state index is -0.507. The molecule has 0 radical (unpaired) electrons. The van der Waals surface area contributed by atoms with Crippen LogP contribution in [0.15, 0.2) is 12.3 Å². The van der Waals surface area contributed by atoms with Gasteiger partial charge < -0.3 is 4.74 Å². The molecule has 0 unspecified atom stereocenters. The lowest BCUT2D eigenvalue weighted by Gasteiger charge is -2.30. The van der Waals surface area contributed by atoms with E-state index in [-0.39, 0.29) is 6.09 Å². The van der Waals surface area contributed by atoms with Crippen LogP contribution in [0.25, 0.3) is 0 Å². The average Bonchev–Trinajstić information content (AvgIpc) is 2.26. The minimum absolute atomic E-state index is 0.363. The van der Waals surface area contributed by atoms with Gasteiger partial charge in [-0.2, -0.15) is 0 Å². The van der Waals surface area contributed by atoms with Gasteiger partial charge in [0.05, 0.1) is 0 Å². The number of rotatable bonds is 0. The first-order valence-corrected chi connectivity index (χ1v) is 6.40. The second kappa shape index (κ2) is 4.76. The highest BCUT2D eigenvalue weighted by Crippen LogP contribution is 2.31. The number of nitrogens with zero attached hydrogens (tertiary/aromatic N) is 2. The minimum Gasteiger partial charge on any atom is -0.443 e. The Hall–Kier alpha value is -1.29. The molecule has 1 amide bonds. The number of halogens is 1. The van der Waals surface area contributed by atoms with Crippen LogP contribution >= 0.6 is 11.6 Å². The molecule has 1 aromatic rings. The topological polar surface area (TPSA) is 42.4 Å². The third-order valence-electron chi connectivity index (χ3n) is 2.65. The van der Waals surface area contributed by atoms with Crippen LogP contribution in [0.1, 0.15) is 32.8 Å². The van der Waals surface area contributed by atoms with Crippen LogP contribution in [0.2, 0.25) is 5.02 Å². The van der Waals surface area contributed by atoms with Crippen LogP contribution in [-0.4, -0.2) is 23.2 Å². The zero-order valence-corrected chi connectivity index (χ0v) is 11.6. The van der Waals surface area contributed by atoms with Crippen molar-refractivity contribution >= 4 is 23.5 Å². The second-order valence-corrected chi connectivity index (χ2v) is 5.74. The third-order valence-corrected chi connectivity index (χ3v) is 3.01. The average molecular weight is 269 g/mol. The molecule has 0 atom stereocenters. The highest BCUT2D eigenvalue weighted by molar-refractivity contribution is 6.31. The van der Waals surface area contributed by atoms with Crippen molar-refractivity contribution in [3.8, 4) is 0 Å². The molecular formula is C13H17ClN2O2. The molecule has 1 aliphatic heterocycles. The molecule has 0 aromatic carbocycles. The molecule has 4 nitrogen and oxygen atoms in total. The van der Waals surface area contributed by atoms with Crippen LogP contribution in [0.4, 0.5) is 10.6 Å². The van der Waals surface area contributed by atoms with Crippen LogP contribution in [-0.2, 0) is 11.2 Å². The molecule has 2 rings (SSSR count). The number of amides is 1. The summed E-state index contributed by atoms with van der Waals surface area (Å²) in [5.41, 5.74) is 0.420. The monoisotopic (exact) mass is 268 g/mol. The number of carbonyl (C=O) groups excluding carboxylic acids is 1. The predicted octanol–water partition coefficient (Wildman–Crippen LogP) is 3.42. The van der Waals surface area contributed by atoms with E-state index < -0.39 is 5.60 Å². The van der Waals surface area contributed by atoms with E-state index in [1.807, 2.05) is 20.8 Å². The predicted molar refractivity (Wildman–Crippen MR) is 71.1 cm³/mol. The molecule has 5 heteroatoms. The van der Waals surface area contributed by atoms with E-state index in [1.165, 1.54) is 0 Å². The Kier molecular flexibility index (Phi) is 3.48. The van der Waals surface area contributed by atoms with E-state index in [1.54, 1.807) is 17.2 Å². The molecule has 0 N–H and O–H groups in total. The molecule has 0 fully saturated rings. The highest BCUT2D eigenvalue weighted by Gasteiger charge is 2.29. The normalized spacial score (nSPS) is 15.2. The molecule has 0 spiro atoms. The molecule has 0 saturated carbocycles. The molecule has 1 aromatic heterocycles. The Bertz CT molecular complexity index is 469. The number of carbonyl (C=O) groups is 1. The van der Waals surface area contributed by atoms with Gasteiger partial charge in [0.2, 0.25) is 0 Å². The fourth-order valence-corrected chi connectivity index (χ4v) is 2.17. The summed E-state index contributed by atoms with van der Waals surface area (Å²) in [5.74, 6) is 0.628. The van der Waals surface area contributed by atoms with E-state index >= 15 is 0 Å². The van der Waals surface area contributed by atoms with Gasteiger partial charge in [0.25, 0.3) is 0 Å². The quantitative estimate of drug-likeness (QED) is 0.724. The summed E-state index contributed by atoms with van der Waals surface area (Å²) in [7, 11) is 0. The van der Waals surface area contributed by atoms with Gasteiger partial charge in [-0.25, -0.2) is 9.78 Å². The zero-order chi connectivity index (χ0) is 13.3. The second-order valence-electron chi connectivity index (χ2n) is 5.33. The maximum atomic E-state index is 12.1. The summed E-state index contributed by atoms with van der Waals surface area (Å²) in [5, 5.41) is 0.660. The summed E-state index contributed by atoms with van der Waals surface area (Å²) in [6, 6.07) is 1.75. The number of pyridine rings is 1. The molecule has 2 heterocycles. The highest BCUT2D eigenvalue weighted by atomic mass is 35.5. The van der Waals surface area contributed by atoms with Crippen molar-refractivity contribution in [3.63, 3.8) is 0 Å². The van der Waals surface area contributed by atoms with Crippen molar-refractivity contribution in [1.29, 1.82) is 0 Å². The van der Waals surface area contributed by atoms with Crippen molar-refractivity contribution in [3.05, 3.63) is 22.8 Å². The van der Waals surface area contributed by atoms with E-state index in [4.69, 9.17) is 16.3 Å².